The zero-order valence-electron chi connectivity index (χ0n) is 16.4. The van der Waals surface area contributed by atoms with E-state index in [0.29, 0.717) is 24.6 Å². The first-order chi connectivity index (χ1) is 14.5. The quantitative estimate of drug-likeness (QED) is 0.549. The molecule has 2 aromatic carbocycles. The number of carbonyl (C=O) groups is 1. The molecule has 3 aromatic rings. The normalized spacial score (nSPS) is 13.9. The van der Waals surface area contributed by atoms with Gasteiger partial charge in [0, 0.05) is 31.0 Å². The third-order valence-electron chi connectivity index (χ3n) is 4.80. The van der Waals surface area contributed by atoms with Gasteiger partial charge in [0.15, 0.2) is 11.7 Å². The molecule has 0 bridgehead atoms. The van der Waals surface area contributed by atoms with Crippen LogP contribution < -0.4 is 10.0 Å². The fourth-order valence-electron chi connectivity index (χ4n) is 2.95. The van der Waals surface area contributed by atoms with E-state index >= 15 is 0 Å². The maximum absolute atomic E-state index is 12.2. The predicted molar refractivity (Wildman–Crippen MR) is 112 cm³/mol. The number of nitrogens with one attached hydrogen (secondary N) is 2. The summed E-state index contributed by atoms with van der Waals surface area (Å²) in [5.41, 5.74) is 1.77. The maximum atomic E-state index is 12.2. The molecule has 7 nitrogen and oxygen atoms in total. The van der Waals surface area contributed by atoms with E-state index in [9.17, 15) is 13.2 Å². The van der Waals surface area contributed by atoms with Crippen LogP contribution in [0.3, 0.4) is 0 Å². The van der Waals surface area contributed by atoms with Gasteiger partial charge in [-0.3, -0.25) is 4.79 Å². The Bertz CT molecular complexity index is 1100. The Morgan fingerprint density at radius 1 is 1.07 bits per heavy atom. The molecule has 1 aliphatic carbocycles. The van der Waals surface area contributed by atoms with Gasteiger partial charge in [-0.2, -0.15) is 0 Å². The van der Waals surface area contributed by atoms with Crippen LogP contribution in [0.25, 0.3) is 11.3 Å². The van der Waals surface area contributed by atoms with Crippen LogP contribution >= 0.6 is 0 Å². The molecule has 1 saturated carbocycles. The van der Waals surface area contributed by atoms with Crippen molar-refractivity contribution in [3.05, 3.63) is 72.2 Å². The van der Waals surface area contributed by atoms with E-state index < -0.39 is 10.0 Å². The molecular formula is C22H23N3O4S. The van der Waals surface area contributed by atoms with Crippen LogP contribution in [0.5, 0.6) is 0 Å². The molecule has 0 spiro atoms. The molecule has 0 unspecified atom stereocenters. The van der Waals surface area contributed by atoms with E-state index in [-0.39, 0.29) is 23.3 Å². The number of hydrogen-bond acceptors (Lipinski definition) is 5. The lowest BCUT2D eigenvalue weighted by Gasteiger charge is -2.08. The van der Waals surface area contributed by atoms with Gasteiger partial charge in [0.2, 0.25) is 15.9 Å². The number of aromatic nitrogens is 1. The summed E-state index contributed by atoms with van der Waals surface area (Å²) in [6.45, 7) is 0.329. The van der Waals surface area contributed by atoms with Gasteiger partial charge in [0.25, 0.3) is 0 Å². The van der Waals surface area contributed by atoms with Crippen molar-refractivity contribution in [1.82, 2.24) is 15.0 Å². The van der Waals surface area contributed by atoms with E-state index in [1.165, 1.54) is 0 Å². The number of rotatable bonds is 9. The van der Waals surface area contributed by atoms with Crippen molar-refractivity contribution in [1.29, 1.82) is 0 Å². The molecule has 156 valence electrons. The Kier molecular flexibility index (Phi) is 5.96. The highest BCUT2D eigenvalue weighted by Gasteiger charge is 2.27. The number of carbonyl (C=O) groups excluding carboxylic acids is 1. The minimum Gasteiger partial charge on any atom is -0.441 e. The first-order valence-corrected chi connectivity index (χ1v) is 11.4. The molecule has 1 heterocycles. The summed E-state index contributed by atoms with van der Waals surface area (Å²) in [5, 5.41) is 2.83. The van der Waals surface area contributed by atoms with Gasteiger partial charge in [0.1, 0.15) is 0 Å². The molecular weight excluding hydrogens is 402 g/mol. The van der Waals surface area contributed by atoms with Crippen molar-refractivity contribution in [3.63, 3.8) is 0 Å². The number of benzene rings is 2. The number of amides is 1. The summed E-state index contributed by atoms with van der Waals surface area (Å²) >= 11 is 0. The highest BCUT2D eigenvalue weighted by molar-refractivity contribution is 7.89. The maximum Gasteiger partial charge on any atom is 0.240 e. The Morgan fingerprint density at radius 2 is 1.80 bits per heavy atom. The number of sulfonamides is 1. The average molecular weight is 426 g/mol. The molecule has 1 aliphatic rings. The van der Waals surface area contributed by atoms with Crippen molar-refractivity contribution >= 4 is 15.9 Å². The zero-order valence-corrected chi connectivity index (χ0v) is 17.2. The third kappa shape index (κ3) is 5.34. The molecule has 0 radical (unpaired) electrons. The topological polar surface area (TPSA) is 101 Å². The molecule has 0 aliphatic heterocycles. The third-order valence-corrected chi connectivity index (χ3v) is 6.34. The summed E-state index contributed by atoms with van der Waals surface area (Å²) in [6.07, 6.45) is 4.11. The summed E-state index contributed by atoms with van der Waals surface area (Å²) in [7, 11) is -3.46. The van der Waals surface area contributed by atoms with E-state index in [4.69, 9.17) is 4.42 Å². The zero-order chi connectivity index (χ0) is 21.0. The number of oxazole rings is 1. The van der Waals surface area contributed by atoms with Gasteiger partial charge in [-0.1, -0.05) is 42.5 Å². The monoisotopic (exact) mass is 425 g/mol. The van der Waals surface area contributed by atoms with Crippen LogP contribution in [0.4, 0.5) is 0 Å². The highest BCUT2D eigenvalue weighted by atomic mass is 32.2. The van der Waals surface area contributed by atoms with Gasteiger partial charge >= 0.3 is 0 Å². The van der Waals surface area contributed by atoms with Gasteiger partial charge in [-0.05, 0) is 30.5 Å². The van der Waals surface area contributed by atoms with Gasteiger partial charge in [-0.25, -0.2) is 18.1 Å². The Hall–Kier alpha value is -2.97. The van der Waals surface area contributed by atoms with Crippen LogP contribution in [0.15, 0.2) is 70.1 Å². The fourth-order valence-corrected chi connectivity index (χ4v) is 4.25. The minimum atomic E-state index is -3.46. The first-order valence-electron chi connectivity index (χ1n) is 9.88. The van der Waals surface area contributed by atoms with Gasteiger partial charge in [0.05, 0.1) is 11.1 Å². The summed E-state index contributed by atoms with van der Waals surface area (Å²) < 4.78 is 32.7. The standard InChI is InChI=1S/C22H23N3O4S/c26-21(12-13-22-24-15-20(29-22)17-4-2-1-3-5-17)23-14-16-6-10-19(11-7-16)30(27,28)25-18-8-9-18/h1-7,10-11,15,18,25H,8-9,12-14H2,(H,23,26). The predicted octanol–water partition coefficient (Wildman–Crippen LogP) is 3.03. The molecule has 8 heteroatoms. The molecule has 0 atom stereocenters. The van der Waals surface area contributed by atoms with Crippen LogP contribution in [0.1, 0.15) is 30.7 Å². The Morgan fingerprint density at radius 3 is 2.50 bits per heavy atom. The van der Waals surface area contributed by atoms with Crippen LogP contribution in [-0.2, 0) is 27.8 Å². The first kappa shape index (κ1) is 20.3. The van der Waals surface area contributed by atoms with E-state index in [1.54, 1.807) is 30.5 Å². The number of hydrogen-bond donors (Lipinski definition) is 2. The van der Waals surface area contributed by atoms with E-state index in [0.717, 1.165) is 24.0 Å². The highest BCUT2D eigenvalue weighted by Crippen LogP contribution is 2.22. The molecule has 1 fully saturated rings. The smallest absolute Gasteiger partial charge is 0.240 e. The molecule has 1 aromatic heterocycles. The van der Waals surface area contributed by atoms with Crippen molar-refractivity contribution in [3.8, 4) is 11.3 Å². The Labute approximate surface area is 175 Å². The minimum absolute atomic E-state index is 0.0707. The lowest BCUT2D eigenvalue weighted by atomic mass is 10.2. The van der Waals surface area contributed by atoms with Crippen LogP contribution in [-0.4, -0.2) is 25.4 Å². The Balaban J connectivity index is 1.24. The fraction of sp³-hybridized carbons (Fsp3) is 0.273. The lowest BCUT2D eigenvalue weighted by Crippen LogP contribution is -2.26. The summed E-state index contributed by atoms with van der Waals surface area (Å²) in [5.74, 6) is 1.07. The average Bonchev–Trinajstić information content (AvgIpc) is 3.43. The number of aryl methyl sites for hydroxylation is 1. The molecule has 1 amide bonds. The van der Waals surface area contributed by atoms with Crippen LogP contribution in [0.2, 0.25) is 0 Å². The molecule has 30 heavy (non-hydrogen) atoms. The molecule has 2 N–H and O–H groups in total. The summed E-state index contributed by atoms with van der Waals surface area (Å²) in [6, 6.07) is 16.3. The van der Waals surface area contributed by atoms with E-state index in [1.807, 2.05) is 30.3 Å². The second-order valence-electron chi connectivity index (χ2n) is 7.30. The van der Waals surface area contributed by atoms with Gasteiger partial charge in [-0.15, -0.1) is 0 Å². The van der Waals surface area contributed by atoms with Crippen LogP contribution in [0, 0.1) is 0 Å². The van der Waals surface area contributed by atoms with Crippen molar-refractivity contribution in [2.75, 3.05) is 0 Å². The van der Waals surface area contributed by atoms with Gasteiger partial charge < -0.3 is 9.73 Å². The molecule has 4 rings (SSSR count). The van der Waals surface area contributed by atoms with Crippen molar-refractivity contribution < 1.29 is 17.6 Å². The second-order valence-corrected chi connectivity index (χ2v) is 9.01. The SMILES string of the molecule is O=C(CCc1ncc(-c2ccccc2)o1)NCc1ccc(S(=O)(=O)NC2CC2)cc1. The molecule has 0 saturated heterocycles. The second kappa shape index (κ2) is 8.81. The lowest BCUT2D eigenvalue weighted by molar-refractivity contribution is -0.121. The number of nitrogens with zero attached hydrogens (tertiary/aromatic N) is 1. The largest absolute Gasteiger partial charge is 0.441 e. The van der Waals surface area contributed by atoms with Crippen molar-refractivity contribution in [2.45, 2.75) is 43.2 Å². The van der Waals surface area contributed by atoms with Crippen molar-refractivity contribution in [2.24, 2.45) is 0 Å². The van der Waals surface area contributed by atoms with E-state index in [2.05, 4.69) is 15.0 Å². The summed E-state index contributed by atoms with van der Waals surface area (Å²) in [4.78, 5) is 16.6.